The number of halogens is 1. The number of imidazole rings is 1. The number of carbonyl (C=O) groups is 1. The lowest BCUT2D eigenvalue weighted by molar-refractivity contribution is -0.125. The van der Waals surface area contributed by atoms with E-state index in [-0.39, 0.29) is 17.6 Å². The molecule has 1 heterocycles. The van der Waals surface area contributed by atoms with Gasteiger partial charge in [-0.25, -0.2) is 9.37 Å². The van der Waals surface area contributed by atoms with Gasteiger partial charge in [-0.3, -0.25) is 4.79 Å². The molecule has 1 N–H and O–H groups in total. The summed E-state index contributed by atoms with van der Waals surface area (Å²) in [7, 11) is 0. The van der Waals surface area contributed by atoms with E-state index in [0.29, 0.717) is 25.1 Å². The Kier molecular flexibility index (Phi) is 6.22. The Morgan fingerprint density at radius 2 is 1.81 bits per heavy atom. The van der Waals surface area contributed by atoms with Gasteiger partial charge in [-0.1, -0.05) is 44.2 Å². The minimum Gasteiger partial charge on any atom is -0.355 e. The van der Waals surface area contributed by atoms with Crippen LogP contribution in [-0.4, -0.2) is 22.0 Å². The molecule has 0 atom stereocenters. The van der Waals surface area contributed by atoms with Gasteiger partial charge in [-0.15, -0.1) is 0 Å². The van der Waals surface area contributed by atoms with Crippen molar-refractivity contribution in [3.63, 3.8) is 0 Å². The average molecular weight is 367 g/mol. The Labute approximate surface area is 159 Å². The molecule has 2 aromatic carbocycles. The van der Waals surface area contributed by atoms with E-state index < -0.39 is 0 Å². The van der Waals surface area contributed by atoms with E-state index in [0.717, 1.165) is 29.7 Å². The van der Waals surface area contributed by atoms with Gasteiger partial charge < -0.3 is 9.88 Å². The van der Waals surface area contributed by atoms with Crippen molar-refractivity contribution < 1.29 is 9.18 Å². The molecular weight excluding hydrogens is 341 g/mol. The molecule has 0 fully saturated rings. The Bertz CT molecular complexity index is 915. The standard InChI is InChI=1S/C22H26FN3O/c1-3-16(4-2)22(27)24-14-13-21-25-19-11-7-8-12-20(19)26(21)15-17-9-5-6-10-18(17)23/h5-12,16H,3-4,13-15H2,1-2H3,(H,24,27). The first-order chi connectivity index (χ1) is 13.1. The first kappa shape index (κ1) is 19.1. The van der Waals surface area contributed by atoms with Gasteiger partial charge >= 0.3 is 0 Å². The SMILES string of the molecule is CCC(CC)C(=O)NCCc1nc2ccccc2n1Cc1ccccc1F. The Morgan fingerprint density at radius 3 is 2.56 bits per heavy atom. The van der Waals surface area contributed by atoms with Crippen molar-refractivity contribution in [1.29, 1.82) is 0 Å². The first-order valence-electron chi connectivity index (χ1n) is 9.59. The van der Waals surface area contributed by atoms with E-state index in [4.69, 9.17) is 4.98 Å². The molecule has 27 heavy (non-hydrogen) atoms. The van der Waals surface area contributed by atoms with Gasteiger partial charge in [0.15, 0.2) is 0 Å². The maximum Gasteiger partial charge on any atom is 0.223 e. The van der Waals surface area contributed by atoms with Gasteiger partial charge in [-0.2, -0.15) is 0 Å². The minimum absolute atomic E-state index is 0.0576. The third kappa shape index (κ3) is 4.35. The topological polar surface area (TPSA) is 46.9 Å². The number of fused-ring (bicyclic) bond motifs is 1. The van der Waals surface area contributed by atoms with E-state index in [1.54, 1.807) is 12.1 Å². The summed E-state index contributed by atoms with van der Waals surface area (Å²) >= 11 is 0. The zero-order valence-electron chi connectivity index (χ0n) is 15.9. The molecule has 0 unspecified atom stereocenters. The third-order valence-electron chi connectivity index (χ3n) is 5.02. The molecule has 0 aliphatic heterocycles. The van der Waals surface area contributed by atoms with E-state index in [1.807, 2.05) is 48.7 Å². The summed E-state index contributed by atoms with van der Waals surface area (Å²) < 4.78 is 16.2. The van der Waals surface area contributed by atoms with Gasteiger partial charge in [-0.05, 0) is 31.0 Å². The number of benzene rings is 2. The smallest absolute Gasteiger partial charge is 0.223 e. The van der Waals surface area contributed by atoms with Crippen molar-refractivity contribution in [2.75, 3.05) is 6.54 Å². The van der Waals surface area contributed by atoms with Crippen LogP contribution in [0.3, 0.4) is 0 Å². The molecule has 0 bridgehead atoms. The van der Waals surface area contributed by atoms with Crippen LogP contribution in [0.4, 0.5) is 4.39 Å². The highest BCUT2D eigenvalue weighted by atomic mass is 19.1. The molecule has 3 aromatic rings. The van der Waals surface area contributed by atoms with Crippen molar-refractivity contribution in [2.45, 2.75) is 39.7 Å². The van der Waals surface area contributed by atoms with Crippen LogP contribution in [0.25, 0.3) is 11.0 Å². The van der Waals surface area contributed by atoms with Crippen LogP contribution in [0, 0.1) is 11.7 Å². The molecule has 1 amide bonds. The molecule has 0 radical (unpaired) electrons. The van der Waals surface area contributed by atoms with Crippen LogP contribution in [0.2, 0.25) is 0 Å². The summed E-state index contributed by atoms with van der Waals surface area (Å²) in [6, 6.07) is 14.7. The minimum atomic E-state index is -0.219. The predicted octanol–water partition coefficient (Wildman–Crippen LogP) is 4.32. The monoisotopic (exact) mass is 367 g/mol. The van der Waals surface area contributed by atoms with Gasteiger partial charge in [0.1, 0.15) is 11.6 Å². The maximum atomic E-state index is 14.1. The van der Waals surface area contributed by atoms with Crippen molar-refractivity contribution in [1.82, 2.24) is 14.9 Å². The number of nitrogens with zero attached hydrogens (tertiary/aromatic N) is 2. The Balaban J connectivity index is 1.80. The molecule has 0 aliphatic rings. The van der Waals surface area contributed by atoms with E-state index in [2.05, 4.69) is 5.32 Å². The highest BCUT2D eigenvalue weighted by Crippen LogP contribution is 2.19. The summed E-state index contributed by atoms with van der Waals surface area (Å²) in [5.41, 5.74) is 2.49. The largest absolute Gasteiger partial charge is 0.355 e. The highest BCUT2D eigenvalue weighted by molar-refractivity contribution is 5.78. The Hall–Kier alpha value is -2.69. The number of aromatic nitrogens is 2. The molecule has 1 aromatic heterocycles. The molecule has 0 spiro atoms. The number of carbonyl (C=O) groups excluding carboxylic acids is 1. The number of hydrogen-bond donors (Lipinski definition) is 1. The van der Waals surface area contributed by atoms with Crippen molar-refractivity contribution >= 4 is 16.9 Å². The number of hydrogen-bond acceptors (Lipinski definition) is 2. The van der Waals surface area contributed by atoms with E-state index in [9.17, 15) is 9.18 Å². The zero-order valence-corrected chi connectivity index (χ0v) is 15.9. The van der Waals surface area contributed by atoms with Gasteiger partial charge in [0.05, 0.1) is 17.6 Å². The number of nitrogens with one attached hydrogen (secondary N) is 1. The normalized spacial score (nSPS) is 11.3. The number of amides is 1. The molecule has 0 saturated carbocycles. The quantitative estimate of drug-likeness (QED) is 0.645. The number of para-hydroxylation sites is 2. The van der Waals surface area contributed by atoms with Gasteiger partial charge in [0, 0.05) is 24.4 Å². The van der Waals surface area contributed by atoms with Crippen LogP contribution >= 0.6 is 0 Å². The second-order valence-electron chi connectivity index (χ2n) is 6.75. The van der Waals surface area contributed by atoms with Crippen molar-refractivity contribution in [2.24, 2.45) is 5.92 Å². The second kappa shape index (κ2) is 8.80. The van der Waals surface area contributed by atoms with Crippen molar-refractivity contribution in [3.05, 3.63) is 65.7 Å². The average Bonchev–Trinajstić information content (AvgIpc) is 3.02. The molecule has 4 nitrogen and oxygen atoms in total. The molecule has 142 valence electrons. The first-order valence-corrected chi connectivity index (χ1v) is 9.59. The molecule has 5 heteroatoms. The third-order valence-corrected chi connectivity index (χ3v) is 5.02. The maximum absolute atomic E-state index is 14.1. The lowest BCUT2D eigenvalue weighted by atomic mass is 10.0. The molecule has 0 aliphatic carbocycles. The zero-order chi connectivity index (χ0) is 19.2. The van der Waals surface area contributed by atoms with Crippen LogP contribution in [0.1, 0.15) is 38.1 Å². The fourth-order valence-electron chi connectivity index (χ4n) is 3.39. The summed E-state index contributed by atoms with van der Waals surface area (Å²) in [4.78, 5) is 16.9. The van der Waals surface area contributed by atoms with Crippen LogP contribution in [0.15, 0.2) is 48.5 Å². The van der Waals surface area contributed by atoms with Crippen LogP contribution in [0.5, 0.6) is 0 Å². The summed E-state index contributed by atoms with van der Waals surface area (Å²) in [5.74, 6) is 0.784. The second-order valence-corrected chi connectivity index (χ2v) is 6.75. The number of rotatable bonds is 8. The Morgan fingerprint density at radius 1 is 1.11 bits per heavy atom. The van der Waals surface area contributed by atoms with E-state index >= 15 is 0 Å². The summed E-state index contributed by atoms with van der Waals surface area (Å²) in [5, 5.41) is 3.01. The van der Waals surface area contributed by atoms with Gasteiger partial charge in [0.2, 0.25) is 5.91 Å². The van der Waals surface area contributed by atoms with Crippen LogP contribution in [-0.2, 0) is 17.8 Å². The van der Waals surface area contributed by atoms with E-state index in [1.165, 1.54) is 6.07 Å². The summed E-state index contributed by atoms with van der Waals surface area (Å²) in [6.45, 7) is 5.00. The highest BCUT2D eigenvalue weighted by Gasteiger charge is 2.15. The molecule has 0 saturated heterocycles. The lowest BCUT2D eigenvalue weighted by Crippen LogP contribution is -2.32. The van der Waals surface area contributed by atoms with Crippen molar-refractivity contribution in [3.8, 4) is 0 Å². The van der Waals surface area contributed by atoms with Gasteiger partial charge in [0.25, 0.3) is 0 Å². The fraction of sp³-hybridized carbons (Fsp3) is 0.364. The molecular formula is C22H26FN3O. The predicted molar refractivity (Wildman–Crippen MR) is 106 cm³/mol. The fourth-order valence-corrected chi connectivity index (χ4v) is 3.39. The summed E-state index contributed by atoms with van der Waals surface area (Å²) in [6.07, 6.45) is 2.29. The molecule has 3 rings (SSSR count). The van der Waals surface area contributed by atoms with Crippen LogP contribution < -0.4 is 5.32 Å². The lowest BCUT2D eigenvalue weighted by Gasteiger charge is -2.13.